The number of ether oxygens (including phenoxy) is 4. The van der Waals surface area contributed by atoms with Gasteiger partial charge in [-0.1, -0.05) is 46.8 Å². The quantitative estimate of drug-likeness (QED) is 0.399. The van der Waals surface area contributed by atoms with Crippen molar-refractivity contribution in [2.75, 3.05) is 28.4 Å². The van der Waals surface area contributed by atoms with Crippen LogP contribution >= 0.6 is 0 Å². The molecule has 8 heteroatoms. The zero-order chi connectivity index (χ0) is 28.7. The summed E-state index contributed by atoms with van der Waals surface area (Å²) >= 11 is 0. The molecular weight excluding hydrogens is 488 g/mol. The summed E-state index contributed by atoms with van der Waals surface area (Å²) < 4.78 is 21.0. The van der Waals surface area contributed by atoms with Crippen LogP contribution in [0.15, 0.2) is 56.7 Å². The van der Waals surface area contributed by atoms with Gasteiger partial charge in [0.2, 0.25) is 0 Å². The van der Waals surface area contributed by atoms with Gasteiger partial charge in [0.1, 0.15) is 0 Å². The van der Waals surface area contributed by atoms with E-state index in [1.807, 2.05) is 33.8 Å². The third-order valence-electron chi connectivity index (χ3n) is 9.16. The summed E-state index contributed by atoms with van der Waals surface area (Å²) in [6.45, 7) is 13.8. The lowest BCUT2D eigenvalue weighted by Gasteiger charge is -2.37. The Balaban J connectivity index is 2.36. The minimum atomic E-state index is -1.48. The molecule has 38 heavy (non-hydrogen) atoms. The fraction of sp³-hybridized carbons (Fsp3) is 0.533. The van der Waals surface area contributed by atoms with Crippen molar-refractivity contribution in [3.63, 3.8) is 0 Å². The molecule has 1 spiro atoms. The van der Waals surface area contributed by atoms with Crippen LogP contribution in [-0.2, 0) is 38.1 Å². The lowest BCUT2D eigenvalue weighted by Crippen LogP contribution is -2.37. The van der Waals surface area contributed by atoms with Crippen molar-refractivity contribution in [3.8, 4) is 0 Å². The molecule has 2 bridgehead atoms. The van der Waals surface area contributed by atoms with Crippen molar-refractivity contribution in [1.29, 1.82) is 0 Å². The summed E-state index contributed by atoms with van der Waals surface area (Å²) in [5.74, 6) is -3.48. The zero-order valence-corrected chi connectivity index (χ0v) is 24.0. The Morgan fingerprint density at radius 3 is 1.63 bits per heavy atom. The summed E-state index contributed by atoms with van der Waals surface area (Å²) in [6, 6.07) is 0. The molecule has 0 amide bonds. The maximum atomic E-state index is 13.8. The first-order valence-electron chi connectivity index (χ1n) is 12.6. The van der Waals surface area contributed by atoms with Crippen LogP contribution in [0, 0.1) is 27.6 Å². The highest BCUT2D eigenvalue weighted by Crippen LogP contribution is 2.81. The van der Waals surface area contributed by atoms with Crippen LogP contribution < -0.4 is 0 Å². The van der Waals surface area contributed by atoms with Gasteiger partial charge in [0.15, 0.2) is 0 Å². The van der Waals surface area contributed by atoms with Crippen molar-refractivity contribution in [2.24, 2.45) is 27.6 Å². The Morgan fingerprint density at radius 2 is 1.18 bits per heavy atom. The fourth-order valence-corrected chi connectivity index (χ4v) is 7.59. The molecule has 0 N–H and O–H groups in total. The molecule has 1 unspecified atom stereocenters. The van der Waals surface area contributed by atoms with Gasteiger partial charge in [-0.25, -0.2) is 19.2 Å². The second-order valence-corrected chi connectivity index (χ2v) is 11.8. The topological polar surface area (TPSA) is 105 Å². The molecule has 0 aliphatic heterocycles. The number of hydrogen-bond donors (Lipinski definition) is 0. The maximum absolute atomic E-state index is 13.8. The van der Waals surface area contributed by atoms with E-state index in [0.29, 0.717) is 5.57 Å². The number of carbonyl (C=O) groups is 4. The van der Waals surface area contributed by atoms with Crippen LogP contribution in [0.1, 0.15) is 48.5 Å². The van der Waals surface area contributed by atoms with Crippen LogP contribution in [0.4, 0.5) is 0 Å². The third kappa shape index (κ3) is 2.91. The zero-order valence-electron chi connectivity index (χ0n) is 24.0. The normalized spacial score (nSPS) is 31.5. The smallest absolute Gasteiger partial charge is 0.335 e. The first-order valence-corrected chi connectivity index (χ1v) is 12.6. The van der Waals surface area contributed by atoms with Gasteiger partial charge in [-0.3, -0.25) is 0 Å². The summed E-state index contributed by atoms with van der Waals surface area (Å²) in [6.07, 6.45) is 4.06. The van der Waals surface area contributed by atoms with Gasteiger partial charge in [0.25, 0.3) is 0 Å². The Morgan fingerprint density at radius 1 is 0.763 bits per heavy atom. The lowest BCUT2D eigenvalue weighted by molar-refractivity contribution is -0.141. The molecule has 0 aromatic carbocycles. The van der Waals surface area contributed by atoms with Crippen molar-refractivity contribution in [3.05, 3.63) is 56.7 Å². The highest BCUT2D eigenvalue weighted by atomic mass is 16.5. The second-order valence-electron chi connectivity index (χ2n) is 11.8. The molecule has 0 saturated heterocycles. The van der Waals surface area contributed by atoms with Gasteiger partial charge in [-0.05, 0) is 47.5 Å². The van der Waals surface area contributed by atoms with Gasteiger partial charge in [-0.15, -0.1) is 0 Å². The van der Waals surface area contributed by atoms with Crippen LogP contribution in [-0.4, -0.2) is 52.3 Å². The van der Waals surface area contributed by atoms with E-state index in [0.717, 1.165) is 16.7 Å². The Kier molecular flexibility index (Phi) is 6.02. The molecule has 0 heterocycles. The molecule has 4 aliphatic rings. The Hall–Kier alpha value is -3.42. The van der Waals surface area contributed by atoms with E-state index < -0.39 is 46.0 Å². The molecule has 4 aliphatic carbocycles. The van der Waals surface area contributed by atoms with Gasteiger partial charge in [0, 0.05) is 10.8 Å². The minimum absolute atomic E-state index is 0.00316. The van der Waals surface area contributed by atoms with E-state index in [1.54, 1.807) is 0 Å². The molecule has 0 radical (unpaired) electrons. The SMILES string of the molecule is COC(=O)C1=C(C(=O)OC)[C@@]23C(C(=O)OC)=C(C(=O)OC)[C@](C)(C4=C2[C@]1(C)C=C(C(C)(C)C)C=C4C)C3C. The first-order chi connectivity index (χ1) is 17.6. The molecule has 0 saturated carbocycles. The summed E-state index contributed by atoms with van der Waals surface area (Å²) in [4.78, 5) is 54.5. The first kappa shape index (κ1) is 27.6. The predicted octanol–water partition coefficient (Wildman–Crippen LogP) is 4.18. The average molecular weight is 525 g/mol. The summed E-state index contributed by atoms with van der Waals surface area (Å²) in [7, 11) is 4.96. The number of rotatable bonds is 4. The van der Waals surface area contributed by atoms with E-state index in [4.69, 9.17) is 18.9 Å². The fourth-order valence-electron chi connectivity index (χ4n) is 7.59. The Labute approximate surface area is 223 Å². The van der Waals surface area contributed by atoms with Crippen LogP contribution in [0.2, 0.25) is 0 Å². The number of methoxy groups -OCH3 is 4. The van der Waals surface area contributed by atoms with Crippen LogP contribution in [0.25, 0.3) is 0 Å². The van der Waals surface area contributed by atoms with Crippen LogP contribution in [0.5, 0.6) is 0 Å². The summed E-state index contributed by atoms with van der Waals surface area (Å²) in [5.41, 5.74) is -0.476. The van der Waals surface area contributed by atoms with Gasteiger partial charge >= 0.3 is 23.9 Å². The van der Waals surface area contributed by atoms with Crippen molar-refractivity contribution < 1.29 is 38.1 Å². The second kappa shape index (κ2) is 8.29. The standard InChI is InChI=1S/C30H36O8/c1-14-12-16(27(3,4)5)13-28(6)18(23(31)35-8)20(25(33)37-10)30-15(2)29(7,17(14)22(28)30)19(24(32)36-9)21(30)26(34)38-11/h12-13,15H,1-11H3/t15?,28-,29+,30+/m1/s1. The van der Waals surface area contributed by atoms with E-state index in [2.05, 4.69) is 26.8 Å². The van der Waals surface area contributed by atoms with Crippen molar-refractivity contribution in [2.45, 2.75) is 48.5 Å². The molecule has 4 atom stereocenters. The maximum Gasteiger partial charge on any atom is 0.335 e. The Bertz CT molecular complexity index is 1360. The highest BCUT2D eigenvalue weighted by Gasteiger charge is 2.78. The molecule has 8 nitrogen and oxygen atoms in total. The van der Waals surface area contributed by atoms with E-state index in [-0.39, 0.29) is 27.7 Å². The van der Waals surface area contributed by atoms with E-state index in [1.165, 1.54) is 28.4 Å². The number of esters is 4. The van der Waals surface area contributed by atoms with Crippen molar-refractivity contribution >= 4 is 23.9 Å². The van der Waals surface area contributed by atoms with E-state index in [9.17, 15) is 19.2 Å². The molecule has 0 aromatic rings. The molecule has 4 rings (SSSR count). The molecule has 0 aromatic heterocycles. The van der Waals surface area contributed by atoms with Crippen molar-refractivity contribution in [1.82, 2.24) is 0 Å². The number of fused-ring (bicyclic) bond motifs is 2. The lowest BCUT2D eigenvalue weighted by atomic mass is 9.64. The monoisotopic (exact) mass is 524 g/mol. The molecule has 0 fully saturated rings. The molecular formula is C30H36O8. The number of carbonyl (C=O) groups excluding carboxylic acids is 4. The van der Waals surface area contributed by atoms with E-state index >= 15 is 0 Å². The number of allylic oxidation sites excluding steroid dienone is 6. The third-order valence-corrected chi connectivity index (χ3v) is 9.16. The number of hydrogen-bond acceptors (Lipinski definition) is 8. The summed E-state index contributed by atoms with van der Waals surface area (Å²) in [5, 5.41) is 0. The highest BCUT2D eigenvalue weighted by molar-refractivity contribution is 6.14. The van der Waals surface area contributed by atoms with Gasteiger partial charge < -0.3 is 18.9 Å². The van der Waals surface area contributed by atoms with Gasteiger partial charge in [-0.2, -0.15) is 0 Å². The largest absolute Gasteiger partial charge is 0.466 e. The molecule has 204 valence electrons. The minimum Gasteiger partial charge on any atom is -0.466 e. The van der Waals surface area contributed by atoms with Gasteiger partial charge in [0.05, 0.1) is 56.1 Å². The van der Waals surface area contributed by atoms with Crippen LogP contribution in [0.3, 0.4) is 0 Å². The predicted molar refractivity (Wildman–Crippen MR) is 138 cm³/mol. The average Bonchev–Trinajstić information content (AvgIpc) is 3.25.